The minimum Gasteiger partial charge on any atom is -0.419 e. The molecule has 148 valence electrons. The van der Waals surface area contributed by atoms with Crippen LogP contribution in [-0.2, 0) is 14.3 Å². The van der Waals surface area contributed by atoms with Crippen molar-refractivity contribution in [3.63, 3.8) is 0 Å². The summed E-state index contributed by atoms with van der Waals surface area (Å²) in [4.78, 5) is 38.2. The van der Waals surface area contributed by atoms with Crippen molar-refractivity contribution in [2.75, 3.05) is 0 Å². The Bertz CT molecular complexity index is 1280. The lowest BCUT2D eigenvalue weighted by molar-refractivity contribution is -0.385. The summed E-state index contributed by atoms with van der Waals surface area (Å²) in [6.07, 6.45) is 1.38. The molecule has 0 aliphatic carbocycles. The van der Waals surface area contributed by atoms with E-state index >= 15 is 0 Å². The number of hydrogen-bond acceptors (Lipinski definition) is 7. The van der Waals surface area contributed by atoms with Crippen LogP contribution in [-0.4, -0.2) is 22.8 Å². The summed E-state index contributed by atoms with van der Waals surface area (Å²) < 4.78 is 10.1. The first-order chi connectivity index (χ1) is 14.4. The predicted molar refractivity (Wildman–Crippen MR) is 109 cm³/mol. The Hall–Kier alpha value is -4.33. The van der Waals surface area contributed by atoms with Crippen molar-refractivity contribution in [3.05, 3.63) is 87.6 Å². The first-order valence-electron chi connectivity index (χ1n) is 8.89. The molecule has 0 N–H and O–H groups in total. The molecule has 1 aliphatic rings. The van der Waals surface area contributed by atoms with Crippen LogP contribution in [0.15, 0.2) is 71.4 Å². The van der Waals surface area contributed by atoms with Crippen LogP contribution in [0.1, 0.15) is 18.1 Å². The number of carbonyl (C=O) groups is 2. The van der Waals surface area contributed by atoms with Crippen LogP contribution in [0.2, 0.25) is 0 Å². The molecule has 30 heavy (non-hydrogen) atoms. The molecule has 0 amide bonds. The Kier molecular flexibility index (Phi) is 4.81. The molecular weight excluding hydrogens is 388 g/mol. The number of hydrogen-bond donors (Lipinski definition) is 0. The fourth-order valence-corrected chi connectivity index (χ4v) is 3.02. The summed E-state index contributed by atoms with van der Waals surface area (Å²) >= 11 is 0. The van der Waals surface area contributed by atoms with E-state index in [1.54, 1.807) is 6.07 Å². The summed E-state index contributed by atoms with van der Waals surface area (Å²) in [5.41, 5.74) is 0.590. The first kappa shape index (κ1) is 19.0. The molecule has 0 bridgehead atoms. The summed E-state index contributed by atoms with van der Waals surface area (Å²) in [7, 11) is 0. The third kappa shape index (κ3) is 3.79. The third-order valence-electron chi connectivity index (χ3n) is 4.35. The molecule has 0 saturated carbocycles. The van der Waals surface area contributed by atoms with Gasteiger partial charge in [0.2, 0.25) is 11.6 Å². The highest BCUT2D eigenvalue weighted by Gasteiger charge is 2.25. The van der Waals surface area contributed by atoms with E-state index in [4.69, 9.17) is 9.47 Å². The summed E-state index contributed by atoms with van der Waals surface area (Å²) in [6, 6.07) is 17.3. The second-order valence-corrected chi connectivity index (χ2v) is 6.48. The van der Waals surface area contributed by atoms with Gasteiger partial charge >= 0.3 is 17.6 Å². The van der Waals surface area contributed by atoms with Gasteiger partial charge in [0, 0.05) is 18.6 Å². The van der Waals surface area contributed by atoms with Gasteiger partial charge in [0.1, 0.15) is 0 Å². The number of rotatable bonds is 4. The lowest BCUT2D eigenvalue weighted by atomic mass is 10.1. The molecule has 0 radical (unpaired) electrons. The number of nitro groups is 1. The number of aliphatic imine (C=N–C) groups is 1. The van der Waals surface area contributed by atoms with Crippen LogP contribution in [0.4, 0.5) is 5.69 Å². The first-order valence-corrected chi connectivity index (χ1v) is 8.89. The van der Waals surface area contributed by atoms with Gasteiger partial charge in [-0.3, -0.25) is 14.9 Å². The van der Waals surface area contributed by atoms with Crippen molar-refractivity contribution in [1.29, 1.82) is 0 Å². The smallest absolute Gasteiger partial charge is 0.363 e. The fourth-order valence-electron chi connectivity index (χ4n) is 3.02. The Labute approximate surface area is 170 Å². The minimum atomic E-state index is -0.673. The van der Waals surface area contributed by atoms with Crippen LogP contribution in [0.5, 0.6) is 5.75 Å². The van der Waals surface area contributed by atoms with Crippen LogP contribution in [0, 0.1) is 10.1 Å². The standard InChI is InChI=1S/C22H14N2O6/c1-13(25)29-20-9-6-14(11-19(20)24(27)28)10-18-22(26)30-21(23-18)17-8-7-15-4-2-3-5-16(15)12-17/h2-12H,1H3/b18-10-. The Morgan fingerprint density at radius 2 is 1.87 bits per heavy atom. The Morgan fingerprint density at radius 1 is 1.10 bits per heavy atom. The van der Waals surface area contributed by atoms with Crippen molar-refractivity contribution in [2.45, 2.75) is 6.92 Å². The largest absolute Gasteiger partial charge is 0.419 e. The normalized spacial score (nSPS) is 14.5. The fraction of sp³-hybridized carbons (Fsp3) is 0.0455. The van der Waals surface area contributed by atoms with Crippen LogP contribution < -0.4 is 4.74 Å². The van der Waals surface area contributed by atoms with Gasteiger partial charge in [0.25, 0.3) is 0 Å². The van der Waals surface area contributed by atoms with Crippen molar-refractivity contribution in [3.8, 4) is 5.75 Å². The molecule has 0 spiro atoms. The highest BCUT2D eigenvalue weighted by Crippen LogP contribution is 2.30. The average molecular weight is 402 g/mol. The minimum absolute atomic E-state index is 0.00712. The Balaban J connectivity index is 1.68. The SMILES string of the molecule is CC(=O)Oc1ccc(/C=C2\N=C(c3ccc4ccccc4c3)OC2=O)cc1[N+](=O)[O-]. The van der Waals surface area contributed by atoms with Crippen LogP contribution in [0.25, 0.3) is 16.8 Å². The lowest BCUT2D eigenvalue weighted by Crippen LogP contribution is -2.05. The molecule has 1 heterocycles. The molecule has 8 nitrogen and oxygen atoms in total. The molecule has 0 saturated heterocycles. The van der Waals surface area contributed by atoms with E-state index < -0.39 is 22.5 Å². The third-order valence-corrected chi connectivity index (χ3v) is 4.35. The molecule has 4 rings (SSSR count). The maximum atomic E-state index is 12.2. The quantitative estimate of drug-likeness (QED) is 0.214. The molecule has 1 aliphatic heterocycles. The van der Waals surface area contributed by atoms with E-state index in [2.05, 4.69) is 4.99 Å². The van der Waals surface area contributed by atoms with Gasteiger partial charge in [0.05, 0.1) is 4.92 Å². The zero-order chi connectivity index (χ0) is 21.3. The molecule has 0 fully saturated rings. The molecular formula is C22H14N2O6. The summed E-state index contributed by atoms with van der Waals surface area (Å²) in [5.74, 6) is -1.36. The predicted octanol–water partition coefficient (Wildman–Crippen LogP) is 4.02. The second kappa shape index (κ2) is 7.59. The summed E-state index contributed by atoms with van der Waals surface area (Å²) in [6.45, 7) is 1.15. The van der Waals surface area contributed by atoms with E-state index in [-0.39, 0.29) is 17.3 Å². The van der Waals surface area contributed by atoms with E-state index in [9.17, 15) is 19.7 Å². The number of fused-ring (bicyclic) bond motifs is 1. The van der Waals surface area contributed by atoms with Gasteiger partial charge in [-0.05, 0) is 40.6 Å². The zero-order valence-electron chi connectivity index (χ0n) is 15.7. The molecule has 3 aromatic rings. The van der Waals surface area contributed by atoms with Gasteiger partial charge in [-0.25, -0.2) is 9.79 Å². The number of nitrogens with zero attached hydrogens (tertiary/aromatic N) is 2. The van der Waals surface area contributed by atoms with E-state index in [0.717, 1.165) is 17.7 Å². The number of nitro benzene ring substituents is 1. The van der Waals surface area contributed by atoms with E-state index in [1.165, 1.54) is 24.3 Å². The van der Waals surface area contributed by atoms with Crippen molar-refractivity contribution < 1.29 is 24.0 Å². The molecule has 0 aromatic heterocycles. The highest BCUT2D eigenvalue weighted by molar-refractivity contribution is 6.13. The molecule has 3 aromatic carbocycles. The van der Waals surface area contributed by atoms with Gasteiger partial charge in [0.15, 0.2) is 5.70 Å². The van der Waals surface area contributed by atoms with Crippen molar-refractivity contribution >= 4 is 40.4 Å². The molecule has 0 atom stereocenters. The maximum Gasteiger partial charge on any atom is 0.363 e. The molecule has 8 heteroatoms. The Morgan fingerprint density at radius 3 is 2.60 bits per heavy atom. The molecule has 0 unspecified atom stereocenters. The number of ether oxygens (including phenoxy) is 2. The summed E-state index contributed by atoms with van der Waals surface area (Å²) in [5, 5.41) is 13.3. The van der Waals surface area contributed by atoms with Crippen molar-refractivity contribution in [2.24, 2.45) is 4.99 Å². The van der Waals surface area contributed by atoms with Gasteiger partial charge in [-0.1, -0.05) is 36.4 Å². The van der Waals surface area contributed by atoms with Gasteiger partial charge in [-0.2, -0.15) is 0 Å². The maximum absolute atomic E-state index is 12.2. The van der Waals surface area contributed by atoms with Crippen LogP contribution >= 0.6 is 0 Å². The van der Waals surface area contributed by atoms with Crippen molar-refractivity contribution in [1.82, 2.24) is 0 Å². The number of benzene rings is 3. The number of cyclic esters (lactones) is 1. The highest BCUT2D eigenvalue weighted by atomic mass is 16.6. The van der Waals surface area contributed by atoms with Crippen LogP contribution in [0.3, 0.4) is 0 Å². The average Bonchev–Trinajstić information content (AvgIpc) is 3.08. The number of carbonyl (C=O) groups excluding carboxylic acids is 2. The topological polar surface area (TPSA) is 108 Å². The number of esters is 2. The monoisotopic (exact) mass is 402 g/mol. The van der Waals surface area contributed by atoms with E-state index in [1.807, 2.05) is 36.4 Å². The lowest BCUT2D eigenvalue weighted by Gasteiger charge is -2.03. The van der Waals surface area contributed by atoms with Gasteiger partial charge < -0.3 is 9.47 Å². The zero-order valence-corrected chi connectivity index (χ0v) is 15.7. The van der Waals surface area contributed by atoms with Gasteiger partial charge in [-0.15, -0.1) is 0 Å². The second-order valence-electron chi connectivity index (χ2n) is 6.48. The van der Waals surface area contributed by atoms with E-state index in [0.29, 0.717) is 11.1 Å².